The molecular weight excluding hydrogens is 302 g/mol. The van der Waals surface area contributed by atoms with Crippen LogP contribution >= 0.6 is 0 Å². The molecule has 1 aliphatic heterocycles. The van der Waals surface area contributed by atoms with Gasteiger partial charge in [0.2, 0.25) is 15.9 Å². The second-order valence-corrected chi connectivity index (χ2v) is 7.66. The molecule has 2 aromatic rings. The van der Waals surface area contributed by atoms with Crippen LogP contribution in [-0.4, -0.2) is 43.0 Å². The average Bonchev–Trinajstić information content (AvgIpc) is 2.96. The number of piperidine rings is 1. The van der Waals surface area contributed by atoms with Gasteiger partial charge in [0.25, 0.3) is 0 Å². The highest BCUT2D eigenvalue weighted by Crippen LogP contribution is 2.25. The molecule has 0 unspecified atom stereocenters. The van der Waals surface area contributed by atoms with Gasteiger partial charge in [0.1, 0.15) is 0 Å². The number of hydrogen-bond acceptors (Lipinski definition) is 3. The van der Waals surface area contributed by atoms with Crippen molar-refractivity contribution >= 4 is 32.5 Å². The molecule has 2 N–H and O–H groups in total. The van der Waals surface area contributed by atoms with Gasteiger partial charge in [-0.3, -0.25) is 4.79 Å². The topological polar surface area (TPSA) is 82.3 Å². The van der Waals surface area contributed by atoms with Gasteiger partial charge in [-0.25, -0.2) is 12.7 Å². The average molecular weight is 321 g/mol. The number of sulfonamides is 1. The fraction of sp³-hybridized carbons (Fsp3) is 0.400. The van der Waals surface area contributed by atoms with E-state index in [-0.39, 0.29) is 11.8 Å². The van der Waals surface area contributed by atoms with Crippen molar-refractivity contribution in [3.8, 4) is 0 Å². The maximum Gasteiger partial charge on any atom is 0.227 e. The van der Waals surface area contributed by atoms with Crippen LogP contribution < -0.4 is 5.32 Å². The summed E-state index contributed by atoms with van der Waals surface area (Å²) in [6.45, 7) is 0.813. The fourth-order valence-corrected chi connectivity index (χ4v) is 3.75. The fourth-order valence-electron chi connectivity index (χ4n) is 2.87. The Morgan fingerprint density at radius 3 is 2.68 bits per heavy atom. The van der Waals surface area contributed by atoms with Crippen molar-refractivity contribution < 1.29 is 13.2 Å². The lowest BCUT2D eigenvalue weighted by Gasteiger charge is -2.29. The van der Waals surface area contributed by atoms with Gasteiger partial charge in [0.15, 0.2) is 0 Å². The highest BCUT2D eigenvalue weighted by molar-refractivity contribution is 7.88. The third-order valence-corrected chi connectivity index (χ3v) is 5.44. The lowest BCUT2D eigenvalue weighted by atomic mass is 9.97. The van der Waals surface area contributed by atoms with Crippen LogP contribution in [0.2, 0.25) is 0 Å². The SMILES string of the molecule is CS(=O)(=O)N1CCC(C(=O)Nc2cccc3cc[nH]c23)CC1. The van der Waals surface area contributed by atoms with Gasteiger partial charge in [-0.1, -0.05) is 12.1 Å². The monoisotopic (exact) mass is 321 g/mol. The summed E-state index contributed by atoms with van der Waals surface area (Å²) in [5.41, 5.74) is 1.67. The Kier molecular flexibility index (Phi) is 3.92. The number of aromatic nitrogens is 1. The number of fused-ring (bicyclic) bond motifs is 1. The molecule has 1 amide bonds. The molecule has 0 aliphatic carbocycles. The van der Waals surface area contributed by atoms with E-state index in [4.69, 9.17) is 0 Å². The van der Waals surface area contributed by atoms with Gasteiger partial charge >= 0.3 is 0 Å². The van der Waals surface area contributed by atoms with E-state index in [9.17, 15) is 13.2 Å². The number of rotatable bonds is 3. The lowest BCUT2D eigenvalue weighted by Crippen LogP contribution is -2.40. The largest absolute Gasteiger partial charge is 0.359 e. The summed E-state index contributed by atoms with van der Waals surface area (Å²) in [4.78, 5) is 15.5. The van der Waals surface area contributed by atoms with E-state index in [2.05, 4.69) is 10.3 Å². The number of hydrogen-bond donors (Lipinski definition) is 2. The van der Waals surface area contributed by atoms with Gasteiger partial charge < -0.3 is 10.3 Å². The van der Waals surface area contributed by atoms with Gasteiger partial charge in [0, 0.05) is 30.6 Å². The molecule has 0 bridgehead atoms. The van der Waals surface area contributed by atoms with E-state index < -0.39 is 10.0 Å². The van der Waals surface area contributed by atoms with Crippen LogP contribution in [-0.2, 0) is 14.8 Å². The summed E-state index contributed by atoms with van der Waals surface area (Å²) in [6.07, 6.45) is 4.16. The second kappa shape index (κ2) is 5.73. The highest BCUT2D eigenvalue weighted by Gasteiger charge is 2.29. The van der Waals surface area contributed by atoms with Crippen molar-refractivity contribution in [2.45, 2.75) is 12.8 Å². The van der Waals surface area contributed by atoms with Crippen molar-refractivity contribution in [3.63, 3.8) is 0 Å². The maximum atomic E-state index is 12.4. The molecule has 1 fully saturated rings. The van der Waals surface area contributed by atoms with Crippen LogP contribution in [0, 0.1) is 5.92 Å². The number of H-pyrrole nitrogens is 1. The van der Waals surface area contributed by atoms with E-state index in [1.807, 2.05) is 30.5 Å². The molecule has 118 valence electrons. The van der Waals surface area contributed by atoms with Crippen LogP contribution in [0.15, 0.2) is 30.5 Å². The Bertz CT molecular complexity index is 789. The van der Waals surface area contributed by atoms with Crippen molar-refractivity contribution in [1.29, 1.82) is 0 Å². The molecule has 1 aromatic carbocycles. The maximum absolute atomic E-state index is 12.4. The summed E-state index contributed by atoms with van der Waals surface area (Å²) >= 11 is 0. The smallest absolute Gasteiger partial charge is 0.227 e. The van der Waals surface area contributed by atoms with E-state index in [0.29, 0.717) is 25.9 Å². The molecule has 0 atom stereocenters. The Labute approximate surface area is 129 Å². The van der Waals surface area contributed by atoms with Gasteiger partial charge in [-0.05, 0) is 25.0 Å². The normalized spacial score (nSPS) is 17.7. The molecule has 2 heterocycles. The van der Waals surface area contributed by atoms with E-state index >= 15 is 0 Å². The number of nitrogens with zero attached hydrogens (tertiary/aromatic N) is 1. The first-order valence-corrected chi connectivity index (χ1v) is 9.12. The lowest BCUT2D eigenvalue weighted by molar-refractivity contribution is -0.120. The molecule has 6 nitrogen and oxygen atoms in total. The summed E-state index contributed by atoms with van der Waals surface area (Å²) in [5, 5.41) is 4.00. The quantitative estimate of drug-likeness (QED) is 0.904. The number of aromatic amines is 1. The zero-order valence-electron chi connectivity index (χ0n) is 12.4. The Balaban J connectivity index is 1.67. The summed E-state index contributed by atoms with van der Waals surface area (Å²) in [6, 6.07) is 7.70. The second-order valence-electron chi connectivity index (χ2n) is 5.67. The zero-order chi connectivity index (χ0) is 15.7. The zero-order valence-corrected chi connectivity index (χ0v) is 13.2. The summed E-state index contributed by atoms with van der Waals surface area (Å²) in [7, 11) is -3.16. The number of amides is 1. The van der Waals surface area contributed by atoms with Crippen molar-refractivity contribution in [2.75, 3.05) is 24.7 Å². The molecule has 3 rings (SSSR count). The van der Waals surface area contributed by atoms with E-state index in [1.54, 1.807) is 0 Å². The molecule has 1 aromatic heterocycles. The van der Waals surface area contributed by atoms with E-state index in [0.717, 1.165) is 16.6 Å². The van der Waals surface area contributed by atoms with Gasteiger partial charge in [-0.15, -0.1) is 0 Å². The Hall–Kier alpha value is -1.86. The van der Waals surface area contributed by atoms with Crippen molar-refractivity contribution in [2.24, 2.45) is 5.92 Å². The standard InChI is InChI=1S/C15H19N3O3S/c1-22(20,21)18-9-6-12(7-10-18)15(19)17-13-4-2-3-11-5-8-16-14(11)13/h2-5,8,12,16H,6-7,9-10H2,1H3,(H,17,19). The molecular formula is C15H19N3O3S. The predicted molar refractivity (Wildman–Crippen MR) is 86.1 cm³/mol. The van der Waals surface area contributed by atoms with Crippen LogP contribution in [0.25, 0.3) is 10.9 Å². The summed E-state index contributed by atoms with van der Waals surface area (Å²) in [5.74, 6) is -0.196. The van der Waals surface area contributed by atoms with Crippen molar-refractivity contribution in [1.82, 2.24) is 9.29 Å². The van der Waals surface area contributed by atoms with Crippen LogP contribution in [0.4, 0.5) is 5.69 Å². The van der Waals surface area contributed by atoms with Crippen molar-refractivity contribution in [3.05, 3.63) is 30.5 Å². The molecule has 1 saturated heterocycles. The first-order chi connectivity index (χ1) is 10.4. The van der Waals surface area contributed by atoms with Gasteiger partial charge in [-0.2, -0.15) is 0 Å². The van der Waals surface area contributed by atoms with Crippen LogP contribution in [0.1, 0.15) is 12.8 Å². The third-order valence-electron chi connectivity index (χ3n) is 4.14. The highest BCUT2D eigenvalue weighted by atomic mass is 32.2. The molecule has 1 aliphatic rings. The molecule has 0 radical (unpaired) electrons. The molecule has 0 saturated carbocycles. The van der Waals surface area contributed by atoms with E-state index in [1.165, 1.54) is 10.6 Å². The number of nitrogens with one attached hydrogen (secondary N) is 2. The third kappa shape index (κ3) is 3.00. The Morgan fingerprint density at radius 2 is 2.00 bits per heavy atom. The summed E-state index contributed by atoms with van der Waals surface area (Å²) < 4.78 is 24.4. The Morgan fingerprint density at radius 1 is 1.27 bits per heavy atom. The number of carbonyl (C=O) groups excluding carboxylic acids is 1. The first-order valence-electron chi connectivity index (χ1n) is 7.27. The molecule has 7 heteroatoms. The van der Waals surface area contributed by atoms with Crippen LogP contribution in [0.5, 0.6) is 0 Å². The minimum Gasteiger partial charge on any atom is -0.359 e. The number of para-hydroxylation sites is 1. The first kappa shape index (κ1) is 15.1. The number of anilines is 1. The van der Waals surface area contributed by atoms with Crippen LogP contribution in [0.3, 0.4) is 0 Å². The minimum absolute atomic E-state index is 0.0461. The molecule has 22 heavy (non-hydrogen) atoms. The minimum atomic E-state index is -3.16. The number of benzene rings is 1. The van der Waals surface area contributed by atoms with Gasteiger partial charge in [0.05, 0.1) is 17.5 Å². The molecule has 0 spiro atoms. The number of carbonyl (C=O) groups is 1. The predicted octanol–water partition coefficient (Wildman–Crippen LogP) is 1.78.